The zero-order valence-corrected chi connectivity index (χ0v) is 11.1. The molecule has 0 saturated heterocycles. The Bertz CT molecular complexity index is 362. The van der Waals surface area contributed by atoms with E-state index in [-0.39, 0.29) is 0 Å². The summed E-state index contributed by atoms with van der Waals surface area (Å²) in [6, 6.07) is 0.522. The minimum atomic E-state index is 0.360. The molecule has 2 rings (SSSR count). The summed E-state index contributed by atoms with van der Waals surface area (Å²) in [6.07, 6.45) is 2.47. The largest absolute Gasteiger partial charge is 0.315 e. The zero-order chi connectivity index (χ0) is 11.8. The second-order valence-corrected chi connectivity index (χ2v) is 6.24. The maximum absolute atomic E-state index is 4.03. The van der Waals surface area contributed by atoms with Crippen LogP contribution in [-0.2, 0) is 7.05 Å². The summed E-state index contributed by atoms with van der Waals surface area (Å²) >= 11 is 1.78. The van der Waals surface area contributed by atoms with Crippen LogP contribution < -0.4 is 5.32 Å². The minimum Gasteiger partial charge on any atom is -0.315 e. The number of thioether (sulfide) groups is 1. The maximum atomic E-state index is 4.03. The van der Waals surface area contributed by atoms with Crippen molar-refractivity contribution in [2.45, 2.75) is 43.1 Å². The molecule has 2 unspecified atom stereocenters. The lowest BCUT2D eigenvalue weighted by Crippen LogP contribution is -2.41. The van der Waals surface area contributed by atoms with Crippen LogP contribution in [0.4, 0.5) is 0 Å². The van der Waals surface area contributed by atoms with E-state index < -0.39 is 0 Å². The van der Waals surface area contributed by atoms with Gasteiger partial charge in [-0.05, 0) is 35.7 Å². The van der Waals surface area contributed by atoms with E-state index in [1.165, 1.54) is 12.8 Å². The van der Waals surface area contributed by atoms with E-state index in [9.17, 15) is 0 Å². The van der Waals surface area contributed by atoms with Gasteiger partial charge in [-0.25, -0.2) is 4.68 Å². The highest BCUT2D eigenvalue weighted by Gasteiger charge is 2.41. The molecule has 0 bridgehead atoms. The van der Waals surface area contributed by atoms with Gasteiger partial charge in [-0.15, -0.1) is 5.10 Å². The molecule has 1 aromatic heterocycles. The van der Waals surface area contributed by atoms with Crippen molar-refractivity contribution < 1.29 is 0 Å². The van der Waals surface area contributed by atoms with E-state index in [2.05, 4.69) is 34.7 Å². The second-order valence-electron chi connectivity index (χ2n) is 5.03. The molecule has 1 saturated carbocycles. The van der Waals surface area contributed by atoms with Crippen LogP contribution in [0.3, 0.4) is 0 Å². The van der Waals surface area contributed by atoms with Gasteiger partial charge >= 0.3 is 0 Å². The molecule has 1 aliphatic carbocycles. The number of nitrogens with one attached hydrogen (secondary N) is 1. The minimum absolute atomic E-state index is 0.360. The molecule has 1 heterocycles. The average Bonchev–Trinajstić information content (AvgIpc) is 2.73. The van der Waals surface area contributed by atoms with E-state index in [4.69, 9.17) is 0 Å². The molecule has 5 nitrogen and oxygen atoms in total. The van der Waals surface area contributed by atoms with Gasteiger partial charge in [0, 0.05) is 18.3 Å². The van der Waals surface area contributed by atoms with Crippen LogP contribution in [0, 0.1) is 5.41 Å². The van der Waals surface area contributed by atoms with Crippen molar-refractivity contribution in [3.8, 4) is 0 Å². The van der Waals surface area contributed by atoms with Crippen LogP contribution in [-0.4, -0.2) is 38.5 Å². The Morgan fingerprint density at radius 2 is 2.25 bits per heavy atom. The van der Waals surface area contributed by atoms with E-state index in [0.29, 0.717) is 16.7 Å². The fraction of sp³-hybridized carbons (Fsp3) is 0.900. The number of hydrogen-bond donors (Lipinski definition) is 1. The van der Waals surface area contributed by atoms with Crippen LogP contribution in [0.1, 0.15) is 26.7 Å². The average molecular weight is 241 g/mol. The predicted molar refractivity (Wildman–Crippen MR) is 64.3 cm³/mol. The van der Waals surface area contributed by atoms with Crippen LogP contribution in [0.2, 0.25) is 0 Å². The summed E-state index contributed by atoms with van der Waals surface area (Å²) in [4.78, 5) is 0. The highest BCUT2D eigenvalue weighted by Crippen LogP contribution is 2.44. The second kappa shape index (κ2) is 4.33. The van der Waals surface area contributed by atoms with E-state index in [1.807, 2.05) is 14.1 Å². The molecule has 1 N–H and O–H groups in total. The smallest absolute Gasteiger partial charge is 0.209 e. The first kappa shape index (κ1) is 11.9. The van der Waals surface area contributed by atoms with Crippen LogP contribution >= 0.6 is 11.8 Å². The molecule has 0 amide bonds. The van der Waals surface area contributed by atoms with Gasteiger partial charge in [-0.2, -0.15) is 0 Å². The van der Waals surface area contributed by atoms with Crippen molar-refractivity contribution >= 4 is 11.8 Å². The summed E-state index contributed by atoms with van der Waals surface area (Å²) in [5.74, 6) is 0. The van der Waals surface area contributed by atoms with Gasteiger partial charge in [-0.3, -0.25) is 0 Å². The number of aromatic nitrogens is 4. The van der Waals surface area contributed by atoms with Crippen molar-refractivity contribution in [2.24, 2.45) is 12.5 Å². The first-order valence-electron chi connectivity index (χ1n) is 5.61. The molecule has 2 atom stereocenters. The molecule has 0 radical (unpaired) electrons. The number of aryl methyl sites for hydroxylation is 1. The first-order chi connectivity index (χ1) is 7.54. The van der Waals surface area contributed by atoms with Crippen molar-refractivity contribution in [3.63, 3.8) is 0 Å². The number of tetrazole rings is 1. The molecule has 0 aromatic carbocycles. The monoisotopic (exact) mass is 241 g/mol. The lowest BCUT2D eigenvalue weighted by molar-refractivity contribution is 0.300. The molecule has 1 aromatic rings. The van der Waals surface area contributed by atoms with E-state index in [0.717, 1.165) is 5.16 Å². The summed E-state index contributed by atoms with van der Waals surface area (Å²) in [7, 11) is 3.93. The summed E-state index contributed by atoms with van der Waals surface area (Å²) < 4.78 is 1.74. The van der Waals surface area contributed by atoms with Crippen LogP contribution in [0.15, 0.2) is 5.16 Å². The van der Waals surface area contributed by atoms with Crippen molar-refractivity contribution in [2.75, 3.05) is 7.05 Å². The molecular weight excluding hydrogens is 222 g/mol. The Labute approximate surface area is 100 Å². The summed E-state index contributed by atoms with van der Waals surface area (Å²) in [5.41, 5.74) is 0.360. The molecule has 6 heteroatoms. The third-order valence-electron chi connectivity index (χ3n) is 3.44. The van der Waals surface area contributed by atoms with Gasteiger partial charge in [0.1, 0.15) is 0 Å². The molecule has 1 fully saturated rings. The third-order valence-corrected chi connectivity index (χ3v) is 4.80. The molecular formula is C10H19N5S. The lowest BCUT2D eigenvalue weighted by Gasteiger charge is -2.29. The molecule has 1 aliphatic rings. The summed E-state index contributed by atoms with van der Waals surface area (Å²) in [5, 5.41) is 16.5. The Kier molecular flexibility index (Phi) is 3.21. The van der Waals surface area contributed by atoms with Gasteiger partial charge in [0.25, 0.3) is 0 Å². The molecule has 0 aliphatic heterocycles. The summed E-state index contributed by atoms with van der Waals surface area (Å²) in [6.45, 7) is 4.65. The van der Waals surface area contributed by atoms with Crippen molar-refractivity contribution in [1.82, 2.24) is 25.5 Å². The van der Waals surface area contributed by atoms with Crippen LogP contribution in [0.5, 0.6) is 0 Å². The van der Waals surface area contributed by atoms with Gasteiger partial charge in [0.05, 0.1) is 0 Å². The third kappa shape index (κ3) is 2.08. The quantitative estimate of drug-likeness (QED) is 0.858. The fourth-order valence-electron chi connectivity index (χ4n) is 2.50. The molecule has 0 spiro atoms. The highest BCUT2D eigenvalue weighted by molar-refractivity contribution is 7.99. The highest BCUT2D eigenvalue weighted by atomic mass is 32.2. The molecule has 90 valence electrons. The predicted octanol–water partition coefficient (Wildman–Crippen LogP) is 1.08. The lowest BCUT2D eigenvalue weighted by atomic mass is 9.87. The van der Waals surface area contributed by atoms with E-state index in [1.54, 1.807) is 16.4 Å². The fourth-order valence-corrected chi connectivity index (χ4v) is 3.92. The van der Waals surface area contributed by atoms with Crippen LogP contribution in [0.25, 0.3) is 0 Å². The standard InChI is InChI=1S/C10H19N5S/c1-10(2)6-5-7(8(10)11-3)16-9-12-13-14-15(9)4/h7-8,11H,5-6H2,1-4H3. The first-order valence-corrected chi connectivity index (χ1v) is 6.49. The van der Waals surface area contributed by atoms with Crippen molar-refractivity contribution in [3.05, 3.63) is 0 Å². The SMILES string of the molecule is CNC1C(Sc2nnnn2C)CCC1(C)C. The topological polar surface area (TPSA) is 55.6 Å². The van der Waals surface area contributed by atoms with Gasteiger partial charge < -0.3 is 5.32 Å². The normalized spacial score (nSPS) is 28.5. The Morgan fingerprint density at radius 3 is 2.81 bits per heavy atom. The number of rotatable bonds is 3. The van der Waals surface area contributed by atoms with Gasteiger partial charge in [0.2, 0.25) is 5.16 Å². The number of nitrogens with zero attached hydrogens (tertiary/aromatic N) is 4. The Balaban J connectivity index is 2.09. The van der Waals surface area contributed by atoms with Gasteiger partial charge in [-0.1, -0.05) is 25.6 Å². The molecule has 16 heavy (non-hydrogen) atoms. The van der Waals surface area contributed by atoms with E-state index >= 15 is 0 Å². The van der Waals surface area contributed by atoms with Crippen molar-refractivity contribution in [1.29, 1.82) is 0 Å². The Morgan fingerprint density at radius 1 is 1.50 bits per heavy atom. The zero-order valence-electron chi connectivity index (χ0n) is 10.3. The Hall–Kier alpha value is -0.620. The maximum Gasteiger partial charge on any atom is 0.209 e. The number of hydrogen-bond acceptors (Lipinski definition) is 5. The van der Waals surface area contributed by atoms with Gasteiger partial charge in [0.15, 0.2) is 0 Å².